The average Bonchev–Trinajstić information content (AvgIpc) is 3.97. The van der Waals surface area contributed by atoms with Crippen LogP contribution in [0.4, 0.5) is 32.8 Å². The van der Waals surface area contributed by atoms with E-state index in [0.29, 0.717) is 11.8 Å². The van der Waals surface area contributed by atoms with Gasteiger partial charge in [-0.2, -0.15) is 0 Å². The summed E-state index contributed by atoms with van der Waals surface area (Å²) >= 11 is 3.91. The first kappa shape index (κ1) is 39.5. The number of thiophene rings is 2. The van der Waals surface area contributed by atoms with Crippen LogP contribution in [-0.2, 0) is 0 Å². The molecule has 0 bridgehead atoms. The molecule has 69 heavy (non-hydrogen) atoms. The first-order valence-corrected chi connectivity index (χ1v) is 26.0. The molecule has 0 radical (unpaired) electrons. The van der Waals surface area contributed by atoms with Crippen LogP contribution in [-0.4, -0.2) is 6.71 Å². The summed E-state index contributed by atoms with van der Waals surface area (Å²) in [5, 5.41) is 20.8. The topological polar surface area (TPSA) is 6.48 Å². The van der Waals surface area contributed by atoms with Crippen molar-refractivity contribution < 1.29 is 0 Å². The predicted octanol–water partition coefficient (Wildman–Crippen LogP) is 17.4. The van der Waals surface area contributed by atoms with Gasteiger partial charge in [0.15, 0.2) is 0 Å². The highest BCUT2D eigenvalue weighted by molar-refractivity contribution is 7.29. The first-order valence-electron chi connectivity index (χ1n) is 24.4. The van der Waals surface area contributed by atoms with Crippen molar-refractivity contribution in [1.29, 1.82) is 0 Å². The molecule has 0 spiro atoms. The highest BCUT2D eigenvalue weighted by Gasteiger charge is 2.47. The Hall–Kier alpha value is -7.44. The Kier molecular flexibility index (Phi) is 8.33. The molecule has 2 aromatic heterocycles. The lowest BCUT2D eigenvalue weighted by atomic mass is 9.33. The van der Waals surface area contributed by atoms with Gasteiger partial charge in [0.1, 0.15) is 0 Å². The molecule has 0 saturated carbocycles. The normalized spacial score (nSPS) is 13.4. The fraction of sp³-hybridized carbons (Fsp3) is 0.0938. The van der Waals surface area contributed by atoms with Crippen molar-refractivity contribution in [2.45, 2.75) is 39.5 Å². The van der Waals surface area contributed by atoms with Crippen LogP contribution >= 0.6 is 22.7 Å². The second-order valence-electron chi connectivity index (χ2n) is 19.9. The number of fused-ring (bicyclic) bond motifs is 20. The molecule has 2 aliphatic rings. The summed E-state index contributed by atoms with van der Waals surface area (Å²) in [7, 11) is 0. The van der Waals surface area contributed by atoms with Crippen LogP contribution < -0.4 is 26.2 Å². The smallest absolute Gasteiger partial charge is 0.256 e. The van der Waals surface area contributed by atoms with Crippen molar-refractivity contribution in [1.82, 2.24) is 0 Å². The average molecular weight is 917 g/mol. The van der Waals surface area contributed by atoms with Crippen LogP contribution in [0.5, 0.6) is 0 Å². The lowest BCUT2D eigenvalue weighted by Gasteiger charge is -2.42. The van der Waals surface area contributed by atoms with Crippen LogP contribution in [0.3, 0.4) is 0 Å². The van der Waals surface area contributed by atoms with E-state index in [9.17, 15) is 0 Å². The van der Waals surface area contributed by atoms with Gasteiger partial charge >= 0.3 is 0 Å². The van der Waals surface area contributed by atoms with Gasteiger partial charge in [-0.15, -0.1) is 22.7 Å². The first-order chi connectivity index (χ1) is 33.9. The minimum Gasteiger partial charge on any atom is -0.303 e. The van der Waals surface area contributed by atoms with E-state index in [4.69, 9.17) is 0 Å². The molecule has 15 rings (SSSR count). The number of benzene rings is 11. The molecule has 0 aliphatic carbocycles. The van der Waals surface area contributed by atoms with E-state index in [2.05, 4.69) is 226 Å². The second kappa shape index (κ2) is 14.5. The third-order valence-corrected chi connectivity index (χ3v) is 17.9. The maximum absolute atomic E-state index is 2.63. The fourth-order valence-corrected chi connectivity index (χ4v) is 14.8. The Morgan fingerprint density at radius 3 is 1.03 bits per heavy atom. The highest BCUT2D eigenvalue weighted by Crippen LogP contribution is 2.52. The summed E-state index contributed by atoms with van der Waals surface area (Å²) in [5.41, 5.74) is 11.8. The molecule has 0 fully saturated rings. The number of anilines is 6. The number of rotatable bonds is 4. The van der Waals surface area contributed by atoms with Crippen LogP contribution in [0, 0.1) is 0 Å². The highest BCUT2D eigenvalue weighted by atomic mass is 32.1. The maximum Gasteiger partial charge on any atom is 0.256 e. The van der Waals surface area contributed by atoms with Gasteiger partial charge in [-0.25, -0.2) is 0 Å². The van der Waals surface area contributed by atoms with Gasteiger partial charge in [0.25, 0.3) is 6.71 Å². The molecule has 2 aliphatic heterocycles. The Morgan fingerprint density at radius 1 is 0.319 bits per heavy atom. The number of hydrogen-bond acceptors (Lipinski definition) is 4. The molecule has 0 unspecified atom stereocenters. The fourth-order valence-electron chi connectivity index (χ4n) is 12.3. The van der Waals surface area contributed by atoms with Crippen LogP contribution in [0.2, 0.25) is 0 Å². The molecule has 5 heteroatoms. The molecule has 11 aromatic carbocycles. The van der Waals surface area contributed by atoms with Crippen molar-refractivity contribution in [2.24, 2.45) is 0 Å². The van der Waals surface area contributed by atoms with Gasteiger partial charge in [0.2, 0.25) is 0 Å². The third-order valence-electron chi connectivity index (χ3n) is 15.6. The van der Waals surface area contributed by atoms with Gasteiger partial charge in [-0.3, -0.25) is 0 Å². The van der Waals surface area contributed by atoms with E-state index in [1.54, 1.807) is 0 Å². The second-order valence-corrected chi connectivity index (χ2v) is 22.0. The van der Waals surface area contributed by atoms with E-state index in [1.165, 1.54) is 145 Å². The van der Waals surface area contributed by atoms with Crippen LogP contribution in [0.1, 0.15) is 50.7 Å². The predicted molar refractivity (Wildman–Crippen MR) is 304 cm³/mol. The van der Waals surface area contributed by atoms with Gasteiger partial charge in [0.05, 0.1) is 10.0 Å². The maximum atomic E-state index is 2.63. The molecule has 0 saturated heterocycles. The molecule has 13 aromatic rings. The SMILES string of the molecule is CC(C)c1ccc2sc3c(c2c1)B1c2c(cccc2N(c2ccc4c5ccccc5c5ccccc5c4c2)c2sc4ccc(C(C)C)cc4c21)N3c1ccc2c3ccccc3c3ccccc3c2c1. The standard InChI is InChI=1S/C64H45BN2S2/c1-36(2)38-24-30-58-54(32-38)60-63(68-58)66(40-26-28-50-46-18-7-5-14-42(46)44-16-9-11-20-48(44)52(50)34-40)56-22-13-23-57-62(56)65(60)61-55-33-39(37(3)4)25-31-59(55)69-64(61)67(57)41-27-29-51-47-19-8-6-15-43(47)45-17-10-12-21-49(45)53(51)35-41/h5-37H,1-4H3. The summed E-state index contributed by atoms with van der Waals surface area (Å²) < 4.78 is 2.67. The van der Waals surface area contributed by atoms with Gasteiger partial charge in [-0.05, 0) is 163 Å². The molecular weight excluding hydrogens is 872 g/mol. The summed E-state index contributed by atoms with van der Waals surface area (Å²) in [5.74, 6) is 0.815. The van der Waals surface area contributed by atoms with Gasteiger partial charge < -0.3 is 9.80 Å². The van der Waals surface area contributed by atoms with E-state index < -0.39 is 0 Å². The zero-order valence-electron chi connectivity index (χ0n) is 38.8. The van der Waals surface area contributed by atoms with E-state index >= 15 is 0 Å². The van der Waals surface area contributed by atoms with Crippen molar-refractivity contribution in [3.63, 3.8) is 0 Å². The molecule has 0 amide bonds. The Bertz CT molecular complexity index is 4020. The van der Waals surface area contributed by atoms with Crippen LogP contribution in [0.25, 0.3) is 84.8 Å². The Morgan fingerprint density at radius 2 is 0.667 bits per heavy atom. The number of hydrogen-bond donors (Lipinski definition) is 0. The number of nitrogens with zero attached hydrogens (tertiary/aromatic N) is 2. The summed E-state index contributed by atoms with van der Waals surface area (Å²) in [6.45, 7) is 9.34. The Labute approximate surface area is 409 Å². The largest absolute Gasteiger partial charge is 0.303 e. The van der Waals surface area contributed by atoms with Crippen molar-refractivity contribution in [2.75, 3.05) is 9.80 Å². The van der Waals surface area contributed by atoms with E-state index in [-0.39, 0.29) is 6.71 Å². The van der Waals surface area contributed by atoms with Crippen LogP contribution in [0.15, 0.2) is 188 Å². The molecule has 0 N–H and O–H groups in total. The quantitative estimate of drug-likeness (QED) is 0.128. The molecule has 4 heterocycles. The van der Waals surface area contributed by atoms with E-state index in [0.717, 1.165) is 0 Å². The summed E-state index contributed by atoms with van der Waals surface area (Å²) in [6, 6.07) is 72.0. The molecular formula is C64H45BN2S2. The molecule has 326 valence electrons. The lowest BCUT2D eigenvalue weighted by Crippen LogP contribution is -2.60. The van der Waals surface area contributed by atoms with Crippen molar-refractivity contribution in [3.05, 3.63) is 199 Å². The van der Waals surface area contributed by atoms with Crippen molar-refractivity contribution >= 4 is 163 Å². The Balaban J connectivity index is 1.06. The summed E-state index contributed by atoms with van der Waals surface area (Å²) in [4.78, 5) is 5.26. The van der Waals surface area contributed by atoms with Crippen molar-refractivity contribution in [3.8, 4) is 0 Å². The summed E-state index contributed by atoms with van der Waals surface area (Å²) in [6.07, 6.45) is 0. The van der Waals surface area contributed by atoms with Gasteiger partial charge in [0, 0.05) is 32.1 Å². The minimum atomic E-state index is 0.0245. The van der Waals surface area contributed by atoms with E-state index in [1.807, 2.05) is 22.7 Å². The zero-order chi connectivity index (χ0) is 45.8. The zero-order valence-corrected chi connectivity index (χ0v) is 40.5. The monoisotopic (exact) mass is 916 g/mol. The van der Waals surface area contributed by atoms with Gasteiger partial charge in [-0.1, -0.05) is 167 Å². The minimum absolute atomic E-state index is 0.0245. The third kappa shape index (κ3) is 5.49. The lowest BCUT2D eigenvalue weighted by molar-refractivity contribution is 0.869. The molecule has 0 atom stereocenters. The molecule has 2 nitrogen and oxygen atoms in total.